The maximum absolute atomic E-state index is 12.6. The van der Waals surface area contributed by atoms with Crippen LogP contribution >= 0.6 is 0 Å². The first kappa shape index (κ1) is 15.8. The van der Waals surface area contributed by atoms with Gasteiger partial charge in [-0.3, -0.25) is 9.59 Å². The molecule has 5 nitrogen and oxygen atoms in total. The molecule has 0 bridgehead atoms. The molecule has 2 aliphatic rings. The Balaban J connectivity index is 1.95. The van der Waals surface area contributed by atoms with E-state index in [1.807, 2.05) is 0 Å². The number of hydrogen-bond acceptors (Lipinski definition) is 5. The van der Waals surface area contributed by atoms with Gasteiger partial charge in [-0.05, 0) is 36.1 Å². The fourth-order valence-electron chi connectivity index (χ4n) is 4.13. The second kappa shape index (κ2) is 5.70. The summed E-state index contributed by atoms with van der Waals surface area (Å²) in [5.41, 5.74) is 2.36. The Morgan fingerprint density at radius 3 is 2.28 bits per heavy atom. The summed E-state index contributed by atoms with van der Waals surface area (Å²) in [6.07, 6.45) is 0.450. The van der Waals surface area contributed by atoms with Gasteiger partial charge in [-0.15, -0.1) is 0 Å². The summed E-state index contributed by atoms with van der Waals surface area (Å²) in [6, 6.07) is 8.15. The lowest BCUT2D eigenvalue weighted by molar-refractivity contribution is 0.0889. The molecule has 2 aromatic carbocycles. The van der Waals surface area contributed by atoms with Gasteiger partial charge in [0, 0.05) is 29.9 Å². The lowest BCUT2D eigenvalue weighted by Gasteiger charge is -2.30. The number of phenolic OH excluding ortho intramolecular Hbond substituents is 2. The van der Waals surface area contributed by atoms with Gasteiger partial charge in [0.05, 0.1) is 11.7 Å². The van der Waals surface area contributed by atoms with Crippen LogP contribution in [0.15, 0.2) is 30.3 Å². The van der Waals surface area contributed by atoms with E-state index in [1.165, 1.54) is 12.1 Å². The molecule has 0 amide bonds. The molecule has 0 aromatic heterocycles. The minimum Gasteiger partial charge on any atom is -0.508 e. The molecule has 0 saturated heterocycles. The number of aliphatic hydroxyl groups excluding tert-OH is 1. The van der Waals surface area contributed by atoms with Crippen LogP contribution in [0.25, 0.3) is 0 Å². The van der Waals surface area contributed by atoms with Gasteiger partial charge in [0.2, 0.25) is 0 Å². The lowest BCUT2D eigenvalue weighted by Crippen LogP contribution is -2.22. The van der Waals surface area contributed by atoms with E-state index in [0.717, 1.165) is 0 Å². The van der Waals surface area contributed by atoms with Crippen molar-refractivity contribution in [2.24, 2.45) is 0 Å². The molecule has 0 radical (unpaired) electrons. The number of ketones is 2. The normalized spacial score (nSPS) is 22.4. The number of aliphatic hydroxyl groups is 1. The molecule has 0 unspecified atom stereocenters. The Hall–Kier alpha value is -2.66. The average molecular weight is 338 g/mol. The number of fused-ring (bicyclic) bond motifs is 2. The highest BCUT2D eigenvalue weighted by atomic mass is 16.3. The third-order valence-corrected chi connectivity index (χ3v) is 5.28. The molecule has 0 heterocycles. The Kier molecular flexibility index (Phi) is 3.62. The van der Waals surface area contributed by atoms with E-state index in [4.69, 9.17) is 0 Å². The Labute approximate surface area is 144 Å². The zero-order valence-electron chi connectivity index (χ0n) is 13.5. The van der Waals surface area contributed by atoms with Crippen LogP contribution in [0.1, 0.15) is 75.1 Å². The van der Waals surface area contributed by atoms with E-state index >= 15 is 0 Å². The molecule has 0 fully saturated rings. The molecule has 4 rings (SSSR count). The quantitative estimate of drug-likeness (QED) is 0.742. The third-order valence-electron chi connectivity index (χ3n) is 5.28. The Morgan fingerprint density at radius 1 is 0.800 bits per heavy atom. The molecule has 0 spiro atoms. The number of aromatic hydroxyl groups is 2. The van der Waals surface area contributed by atoms with E-state index in [-0.39, 0.29) is 47.4 Å². The zero-order valence-corrected chi connectivity index (χ0v) is 13.5. The minimum absolute atomic E-state index is 0.0498. The van der Waals surface area contributed by atoms with E-state index in [0.29, 0.717) is 35.1 Å². The van der Waals surface area contributed by atoms with Gasteiger partial charge >= 0.3 is 0 Å². The van der Waals surface area contributed by atoms with Crippen molar-refractivity contribution < 1.29 is 24.9 Å². The fraction of sp³-hybridized carbons (Fsp3) is 0.300. The summed E-state index contributed by atoms with van der Waals surface area (Å²) in [6.45, 7) is 0. The predicted molar refractivity (Wildman–Crippen MR) is 90.1 cm³/mol. The SMILES string of the molecule is O=C1CC[C@H](c2ccc(O)c3c2C(=O)CC[C@@H]3O)c2cccc(O)c21. The van der Waals surface area contributed by atoms with Crippen LogP contribution in [0, 0.1) is 0 Å². The van der Waals surface area contributed by atoms with Gasteiger partial charge in [0.15, 0.2) is 11.6 Å². The molecule has 2 aromatic rings. The van der Waals surface area contributed by atoms with E-state index in [2.05, 4.69) is 0 Å². The Morgan fingerprint density at radius 2 is 1.48 bits per heavy atom. The van der Waals surface area contributed by atoms with Crippen LogP contribution in [0.2, 0.25) is 0 Å². The molecule has 2 atom stereocenters. The predicted octanol–water partition coefficient (Wildman–Crippen LogP) is 3.22. The molecule has 0 saturated carbocycles. The summed E-state index contributed by atoms with van der Waals surface area (Å²) < 4.78 is 0. The molecule has 128 valence electrons. The standard InChI is InChI=1S/C20H18O5/c21-13-3-1-2-11-10(4-6-14(22)18(11)13)12-5-7-16(24)20-17(25)9-8-15(23)19(12)20/h1-3,5,7,10,17,21,24-25H,4,6,8-9H2/t10-,17-/m0/s1. The van der Waals surface area contributed by atoms with Crippen molar-refractivity contribution in [1.29, 1.82) is 0 Å². The van der Waals surface area contributed by atoms with Crippen LogP contribution < -0.4 is 0 Å². The van der Waals surface area contributed by atoms with E-state index < -0.39 is 6.10 Å². The van der Waals surface area contributed by atoms with Crippen molar-refractivity contribution in [2.75, 3.05) is 0 Å². The number of Topliss-reactive ketones (excluding diaryl/α,β-unsaturated/α-hetero) is 2. The maximum atomic E-state index is 12.6. The highest BCUT2D eigenvalue weighted by molar-refractivity contribution is 6.03. The largest absolute Gasteiger partial charge is 0.508 e. The summed E-state index contributed by atoms with van der Waals surface area (Å²) in [7, 11) is 0. The number of carbonyl (C=O) groups is 2. The van der Waals surface area contributed by atoms with Crippen LogP contribution in [-0.4, -0.2) is 26.9 Å². The number of hydrogen-bond donors (Lipinski definition) is 3. The Bertz CT molecular complexity index is 899. The lowest BCUT2D eigenvalue weighted by atomic mass is 9.73. The fourth-order valence-corrected chi connectivity index (χ4v) is 4.13. The summed E-state index contributed by atoms with van der Waals surface area (Å²) in [5.74, 6) is -0.579. The van der Waals surface area contributed by atoms with Crippen LogP contribution in [0.5, 0.6) is 11.5 Å². The van der Waals surface area contributed by atoms with Crippen molar-refractivity contribution in [1.82, 2.24) is 0 Å². The number of rotatable bonds is 1. The highest BCUT2D eigenvalue weighted by Gasteiger charge is 2.35. The smallest absolute Gasteiger partial charge is 0.166 e. The van der Waals surface area contributed by atoms with Crippen LogP contribution in [0.4, 0.5) is 0 Å². The summed E-state index contributed by atoms with van der Waals surface area (Å²) in [4.78, 5) is 24.8. The molecule has 0 aliphatic heterocycles. The summed E-state index contributed by atoms with van der Waals surface area (Å²) >= 11 is 0. The van der Waals surface area contributed by atoms with Gasteiger partial charge in [-0.2, -0.15) is 0 Å². The molecular weight excluding hydrogens is 320 g/mol. The second-order valence-corrected chi connectivity index (χ2v) is 6.70. The van der Waals surface area contributed by atoms with Crippen molar-refractivity contribution >= 4 is 11.6 Å². The van der Waals surface area contributed by atoms with Crippen LogP contribution in [-0.2, 0) is 0 Å². The second-order valence-electron chi connectivity index (χ2n) is 6.70. The van der Waals surface area contributed by atoms with Gasteiger partial charge in [0.25, 0.3) is 0 Å². The number of phenols is 2. The molecule has 5 heteroatoms. The topological polar surface area (TPSA) is 94.8 Å². The molecule has 2 aliphatic carbocycles. The van der Waals surface area contributed by atoms with Gasteiger partial charge in [0.1, 0.15) is 11.5 Å². The summed E-state index contributed by atoms with van der Waals surface area (Å²) in [5, 5.41) is 30.5. The van der Waals surface area contributed by atoms with Gasteiger partial charge in [-0.25, -0.2) is 0 Å². The first-order chi connectivity index (χ1) is 12.0. The average Bonchev–Trinajstić information content (AvgIpc) is 2.59. The van der Waals surface area contributed by atoms with Crippen molar-refractivity contribution in [3.8, 4) is 11.5 Å². The van der Waals surface area contributed by atoms with Crippen molar-refractivity contribution in [3.63, 3.8) is 0 Å². The van der Waals surface area contributed by atoms with Gasteiger partial charge < -0.3 is 15.3 Å². The monoisotopic (exact) mass is 338 g/mol. The third kappa shape index (κ3) is 2.35. The van der Waals surface area contributed by atoms with E-state index in [9.17, 15) is 24.9 Å². The number of carbonyl (C=O) groups excluding carboxylic acids is 2. The molecule has 3 N–H and O–H groups in total. The first-order valence-corrected chi connectivity index (χ1v) is 8.41. The molecule has 25 heavy (non-hydrogen) atoms. The van der Waals surface area contributed by atoms with Gasteiger partial charge in [-0.1, -0.05) is 18.2 Å². The number of benzene rings is 2. The highest BCUT2D eigenvalue weighted by Crippen LogP contribution is 2.45. The first-order valence-electron chi connectivity index (χ1n) is 8.41. The molecular formula is C20H18O5. The van der Waals surface area contributed by atoms with Crippen molar-refractivity contribution in [3.05, 3.63) is 58.1 Å². The minimum atomic E-state index is -0.874. The van der Waals surface area contributed by atoms with E-state index in [1.54, 1.807) is 18.2 Å². The zero-order chi connectivity index (χ0) is 17.7. The maximum Gasteiger partial charge on any atom is 0.166 e. The van der Waals surface area contributed by atoms with Crippen LogP contribution in [0.3, 0.4) is 0 Å². The van der Waals surface area contributed by atoms with Crippen molar-refractivity contribution in [2.45, 2.75) is 37.7 Å².